The van der Waals surface area contributed by atoms with Gasteiger partial charge in [0.1, 0.15) is 17.9 Å². The number of hydrogen-bond donors (Lipinski definition) is 0. The minimum Gasteiger partial charge on any atom is -0.483 e. The molecule has 0 aliphatic rings. The largest absolute Gasteiger partial charge is 0.483 e. The van der Waals surface area contributed by atoms with Gasteiger partial charge in [-0.05, 0) is 25.1 Å². The summed E-state index contributed by atoms with van der Waals surface area (Å²) in [6.45, 7) is 2.12. The van der Waals surface area contributed by atoms with E-state index in [1.807, 2.05) is 12.3 Å². The lowest BCUT2D eigenvalue weighted by atomic mass is 10.2. The molecule has 0 atom stereocenters. The molecule has 0 saturated heterocycles. The molecule has 0 aliphatic carbocycles. The second kappa shape index (κ2) is 5.05. The summed E-state index contributed by atoms with van der Waals surface area (Å²) >= 11 is 1.47. The molecule has 1 aromatic carbocycles. The smallest absolute Gasteiger partial charge is 0.165 e. The first kappa shape index (κ1) is 11.7. The van der Waals surface area contributed by atoms with E-state index in [1.165, 1.54) is 23.5 Å². The van der Waals surface area contributed by atoms with Gasteiger partial charge < -0.3 is 4.74 Å². The molecule has 5 heteroatoms. The molecular formula is C12H10FNO2S. The molecule has 1 aromatic heterocycles. The molecule has 0 aliphatic heterocycles. The van der Waals surface area contributed by atoms with Crippen molar-refractivity contribution in [1.82, 2.24) is 4.98 Å². The number of aryl methyl sites for hydroxylation is 1. The average molecular weight is 251 g/mol. The Kier molecular flexibility index (Phi) is 3.49. The van der Waals surface area contributed by atoms with Crippen molar-refractivity contribution in [2.45, 2.75) is 13.5 Å². The number of carbonyl (C=O) groups is 1. The van der Waals surface area contributed by atoms with Crippen LogP contribution < -0.4 is 4.74 Å². The Balaban J connectivity index is 2.06. The number of carbonyl (C=O) groups excluding carboxylic acids is 1. The van der Waals surface area contributed by atoms with Gasteiger partial charge in [-0.1, -0.05) is 0 Å². The first-order chi connectivity index (χ1) is 8.19. The van der Waals surface area contributed by atoms with Crippen molar-refractivity contribution in [3.05, 3.63) is 45.7 Å². The van der Waals surface area contributed by atoms with Crippen LogP contribution in [0.4, 0.5) is 4.39 Å². The normalized spacial score (nSPS) is 10.2. The van der Waals surface area contributed by atoms with Gasteiger partial charge in [0.25, 0.3) is 0 Å². The van der Waals surface area contributed by atoms with E-state index >= 15 is 0 Å². The summed E-state index contributed by atoms with van der Waals surface area (Å²) < 4.78 is 18.7. The van der Waals surface area contributed by atoms with Crippen LogP contribution in [-0.4, -0.2) is 11.3 Å². The first-order valence-corrected chi connectivity index (χ1v) is 5.85. The predicted molar refractivity (Wildman–Crippen MR) is 63.0 cm³/mol. The van der Waals surface area contributed by atoms with E-state index in [4.69, 9.17) is 4.74 Å². The lowest BCUT2D eigenvalue weighted by Crippen LogP contribution is -1.97. The second-order valence-corrected chi connectivity index (χ2v) is 4.42. The second-order valence-electron chi connectivity index (χ2n) is 3.48. The lowest BCUT2D eigenvalue weighted by Gasteiger charge is -2.05. The van der Waals surface area contributed by atoms with Gasteiger partial charge in [0, 0.05) is 16.6 Å². The van der Waals surface area contributed by atoms with Gasteiger partial charge in [0.2, 0.25) is 0 Å². The zero-order valence-corrected chi connectivity index (χ0v) is 9.96. The Morgan fingerprint density at radius 3 is 2.94 bits per heavy atom. The van der Waals surface area contributed by atoms with Crippen molar-refractivity contribution in [3.8, 4) is 5.75 Å². The van der Waals surface area contributed by atoms with E-state index in [0.29, 0.717) is 11.8 Å². The van der Waals surface area contributed by atoms with E-state index in [1.54, 1.807) is 0 Å². The summed E-state index contributed by atoms with van der Waals surface area (Å²) in [5.41, 5.74) is 1.21. The highest BCUT2D eigenvalue weighted by Crippen LogP contribution is 2.19. The first-order valence-electron chi connectivity index (χ1n) is 4.97. The number of thiazole rings is 1. The molecule has 2 rings (SSSR count). The van der Waals surface area contributed by atoms with E-state index in [2.05, 4.69) is 4.98 Å². The Bertz CT molecular complexity index is 539. The third-order valence-electron chi connectivity index (χ3n) is 2.11. The van der Waals surface area contributed by atoms with Crippen LogP contribution >= 0.6 is 11.3 Å². The fourth-order valence-corrected chi connectivity index (χ4v) is 2.00. The topological polar surface area (TPSA) is 39.2 Å². The molecule has 0 fully saturated rings. The maximum Gasteiger partial charge on any atom is 0.165 e. The van der Waals surface area contributed by atoms with Gasteiger partial charge in [-0.2, -0.15) is 0 Å². The van der Waals surface area contributed by atoms with Crippen molar-refractivity contribution in [3.63, 3.8) is 0 Å². The van der Waals surface area contributed by atoms with Crippen molar-refractivity contribution in [2.24, 2.45) is 0 Å². The number of hydrogen-bond acceptors (Lipinski definition) is 4. The van der Waals surface area contributed by atoms with Gasteiger partial charge >= 0.3 is 0 Å². The van der Waals surface area contributed by atoms with Crippen molar-refractivity contribution in [1.29, 1.82) is 0 Å². The number of rotatable bonds is 4. The van der Waals surface area contributed by atoms with Crippen LogP contribution in [0.1, 0.15) is 21.1 Å². The summed E-state index contributed by atoms with van der Waals surface area (Å²) in [7, 11) is 0. The Hall–Kier alpha value is -1.75. The maximum atomic E-state index is 13.4. The van der Waals surface area contributed by atoms with Crippen molar-refractivity contribution < 1.29 is 13.9 Å². The van der Waals surface area contributed by atoms with Crippen LogP contribution in [-0.2, 0) is 6.61 Å². The molecule has 0 N–H and O–H groups in total. The highest BCUT2D eigenvalue weighted by atomic mass is 32.1. The fraction of sp³-hybridized carbons (Fsp3) is 0.167. The number of nitrogens with zero attached hydrogens (tertiary/aromatic N) is 1. The molecule has 0 radical (unpaired) electrons. The zero-order valence-electron chi connectivity index (χ0n) is 9.14. The quantitative estimate of drug-likeness (QED) is 0.784. The lowest BCUT2D eigenvalue weighted by molar-refractivity contribution is 0.112. The molecule has 0 unspecified atom stereocenters. The van der Waals surface area contributed by atoms with Crippen LogP contribution in [0, 0.1) is 12.7 Å². The zero-order chi connectivity index (χ0) is 12.3. The molecule has 17 heavy (non-hydrogen) atoms. The van der Waals surface area contributed by atoms with Crippen molar-refractivity contribution >= 4 is 17.6 Å². The summed E-state index contributed by atoms with van der Waals surface area (Å²) in [5, 5.41) is 2.70. The number of ether oxygens (including phenoxy) is 1. The van der Waals surface area contributed by atoms with E-state index < -0.39 is 5.82 Å². The van der Waals surface area contributed by atoms with Crippen LogP contribution in [0.25, 0.3) is 0 Å². The van der Waals surface area contributed by atoms with Gasteiger partial charge in [0.05, 0.1) is 0 Å². The fourth-order valence-electron chi connectivity index (χ4n) is 1.32. The molecule has 1 heterocycles. The SMILES string of the molecule is Cc1csc(COc2ccc(C=O)cc2F)n1. The Morgan fingerprint density at radius 1 is 1.53 bits per heavy atom. The van der Waals surface area contributed by atoms with E-state index in [0.717, 1.165) is 16.8 Å². The maximum absolute atomic E-state index is 13.4. The summed E-state index contributed by atoms with van der Waals surface area (Å²) in [6.07, 6.45) is 0.594. The minimum atomic E-state index is -0.539. The number of aromatic nitrogens is 1. The molecule has 0 spiro atoms. The molecule has 88 valence electrons. The Labute approximate surface area is 102 Å². The highest BCUT2D eigenvalue weighted by molar-refractivity contribution is 7.09. The third-order valence-corrected chi connectivity index (χ3v) is 3.05. The molecule has 3 nitrogen and oxygen atoms in total. The monoisotopic (exact) mass is 251 g/mol. The standard InChI is InChI=1S/C12H10FNO2S/c1-8-7-17-12(14-8)6-16-11-3-2-9(5-15)4-10(11)13/h2-5,7H,6H2,1H3. The Morgan fingerprint density at radius 2 is 2.35 bits per heavy atom. The van der Waals surface area contributed by atoms with E-state index in [9.17, 15) is 9.18 Å². The van der Waals surface area contributed by atoms with Crippen LogP contribution in [0.3, 0.4) is 0 Å². The molecule has 2 aromatic rings. The van der Waals surface area contributed by atoms with Gasteiger partial charge in [0.15, 0.2) is 11.6 Å². The number of halogens is 1. The summed E-state index contributed by atoms with van der Waals surface area (Å²) in [6, 6.07) is 4.10. The summed E-state index contributed by atoms with van der Waals surface area (Å²) in [5.74, 6) is -0.411. The molecule has 0 amide bonds. The van der Waals surface area contributed by atoms with Gasteiger partial charge in [-0.25, -0.2) is 9.37 Å². The van der Waals surface area contributed by atoms with E-state index in [-0.39, 0.29) is 12.4 Å². The average Bonchev–Trinajstić information content (AvgIpc) is 2.73. The van der Waals surface area contributed by atoms with Crippen LogP contribution in [0.5, 0.6) is 5.75 Å². The van der Waals surface area contributed by atoms with Crippen LogP contribution in [0.2, 0.25) is 0 Å². The molecule has 0 bridgehead atoms. The minimum absolute atomic E-state index is 0.128. The number of benzene rings is 1. The van der Waals surface area contributed by atoms with Crippen LogP contribution in [0.15, 0.2) is 23.6 Å². The highest BCUT2D eigenvalue weighted by Gasteiger charge is 2.06. The van der Waals surface area contributed by atoms with Gasteiger partial charge in [-0.3, -0.25) is 4.79 Å². The molecular weight excluding hydrogens is 241 g/mol. The predicted octanol–water partition coefficient (Wildman–Crippen LogP) is 2.98. The number of aldehydes is 1. The van der Waals surface area contributed by atoms with Crippen molar-refractivity contribution in [2.75, 3.05) is 0 Å². The third kappa shape index (κ3) is 2.88. The molecule has 0 saturated carbocycles. The summed E-state index contributed by atoms with van der Waals surface area (Å²) in [4.78, 5) is 14.6. The van der Waals surface area contributed by atoms with Gasteiger partial charge in [-0.15, -0.1) is 11.3 Å².